The number of nitrogens with zero attached hydrogens (tertiary/aromatic N) is 4. The number of nitrogen functional groups attached to an aromatic ring is 1. The number of aromatic nitrogens is 3. The molecule has 0 aliphatic carbocycles. The van der Waals surface area contributed by atoms with Crippen molar-refractivity contribution in [3.8, 4) is 0 Å². The highest BCUT2D eigenvalue weighted by atomic mass is 32.1. The molecule has 1 saturated heterocycles. The third-order valence-corrected chi connectivity index (χ3v) is 4.06. The highest BCUT2D eigenvalue weighted by Gasteiger charge is 2.18. The minimum Gasteiger partial charge on any atom is -0.368 e. The zero-order chi connectivity index (χ0) is 15.4. The maximum atomic E-state index is 5.95. The van der Waals surface area contributed by atoms with Gasteiger partial charge in [0.15, 0.2) is 5.11 Å². The minimum absolute atomic E-state index is 0.325. The molecular weight excluding hydrogens is 296 g/mol. The molecule has 2 aromatic rings. The molecule has 3 rings (SSSR count). The summed E-state index contributed by atoms with van der Waals surface area (Å²) in [6, 6.07) is 10.1. The topological polar surface area (TPSA) is 72.0 Å². The standard InChI is InChI=1S/C15H20N6S/c16-13-18-14(20-9-5-2-6-10-20)19-21(13)15(22)17-11-12-7-3-1-4-8-12/h1,3-4,7-8H,2,5-6,9-11H2,(H,17,22)(H2,16,18,19). The molecule has 0 atom stereocenters. The maximum Gasteiger partial charge on any atom is 0.247 e. The molecule has 2 heterocycles. The minimum atomic E-state index is 0.325. The van der Waals surface area contributed by atoms with E-state index in [2.05, 4.69) is 20.3 Å². The third kappa shape index (κ3) is 3.36. The highest BCUT2D eigenvalue weighted by Crippen LogP contribution is 2.17. The van der Waals surface area contributed by atoms with Crippen LogP contribution in [0.1, 0.15) is 24.8 Å². The molecule has 3 N–H and O–H groups in total. The van der Waals surface area contributed by atoms with Gasteiger partial charge in [-0.25, -0.2) is 0 Å². The van der Waals surface area contributed by atoms with Crippen LogP contribution in [-0.2, 0) is 6.54 Å². The van der Waals surface area contributed by atoms with Crippen molar-refractivity contribution in [3.63, 3.8) is 0 Å². The van der Waals surface area contributed by atoms with Crippen LogP contribution in [-0.4, -0.2) is 33.0 Å². The SMILES string of the molecule is Nc1nc(N2CCCCC2)nn1C(=S)NCc1ccccc1. The number of thiocarbonyl (C=S) groups is 1. The Morgan fingerprint density at radius 3 is 2.64 bits per heavy atom. The lowest BCUT2D eigenvalue weighted by Crippen LogP contribution is -2.32. The van der Waals surface area contributed by atoms with E-state index in [1.807, 2.05) is 30.3 Å². The number of anilines is 2. The lowest BCUT2D eigenvalue weighted by molar-refractivity contribution is 0.568. The van der Waals surface area contributed by atoms with Gasteiger partial charge < -0.3 is 16.0 Å². The first-order chi connectivity index (χ1) is 10.7. The molecule has 7 heteroatoms. The zero-order valence-corrected chi connectivity index (χ0v) is 13.2. The van der Waals surface area contributed by atoms with E-state index < -0.39 is 0 Å². The van der Waals surface area contributed by atoms with E-state index in [4.69, 9.17) is 18.0 Å². The van der Waals surface area contributed by atoms with Gasteiger partial charge in [-0.05, 0) is 37.0 Å². The molecule has 0 radical (unpaired) electrons. The Bertz CT molecular complexity index is 633. The summed E-state index contributed by atoms with van der Waals surface area (Å²) < 4.78 is 1.50. The fourth-order valence-corrected chi connectivity index (χ4v) is 2.75. The predicted octanol–water partition coefficient (Wildman–Crippen LogP) is 1.77. The van der Waals surface area contributed by atoms with Crippen LogP contribution in [0, 0.1) is 0 Å². The summed E-state index contributed by atoms with van der Waals surface area (Å²) in [5.41, 5.74) is 7.11. The molecular formula is C15H20N6S. The van der Waals surface area contributed by atoms with Crippen molar-refractivity contribution in [2.24, 2.45) is 0 Å². The van der Waals surface area contributed by atoms with Gasteiger partial charge in [0.05, 0.1) is 0 Å². The summed E-state index contributed by atoms with van der Waals surface area (Å²) in [6.45, 7) is 2.60. The Morgan fingerprint density at radius 2 is 1.91 bits per heavy atom. The molecule has 116 valence electrons. The van der Waals surface area contributed by atoms with Gasteiger partial charge in [-0.1, -0.05) is 30.3 Å². The number of piperidine rings is 1. The van der Waals surface area contributed by atoms with Crippen molar-refractivity contribution in [1.82, 2.24) is 20.1 Å². The van der Waals surface area contributed by atoms with Crippen molar-refractivity contribution < 1.29 is 0 Å². The first-order valence-corrected chi connectivity index (χ1v) is 7.94. The van der Waals surface area contributed by atoms with E-state index in [0.717, 1.165) is 18.7 Å². The molecule has 6 nitrogen and oxygen atoms in total. The number of hydrogen-bond acceptors (Lipinski definition) is 5. The van der Waals surface area contributed by atoms with Gasteiger partial charge in [-0.3, -0.25) is 0 Å². The molecule has 0 saturated carbocycles. The second-order valence-electron chi connectivity index (χ2n) is 5.37. The molecule has 1 fully saturated rings. The first kappa shape index (κ1) is 14.8. The van der Waals surface area contributed by atoms with Crippen molar-refractivity contribution >= 4 is 29.2 Å². The number of benzene rings is 1. The molecule has 0 bridgehead atoms. The number of hydrogen-bond donors (Lipinski definition) is 2. The smallest absolute Gasteiger partial charge is 0.247 e. The second kappa shape index (κ2) is 6.74. The Morgan fingerprint density at radius 1 is 1.18 bits per heavy atom. The summed E-state index contributed by atoms with van der Waals surface area (Å²) in [7, 11) is 0. The molecule has 1 aromatic heterocycles. The zero-order valence-electron chi connectivity index (χ0n) is 12.4. The van der Waals surface area contributed by atoms with Crippen LogP contribution in [0.3, 0.4) is 0 Å². The van der Waals surface area contributed by atoms with Gasteiger partial charge in [0.1, 0.15) is 0 Å². The van der Waals surface area contributed by atoms with Crippen LogP contribution < -0.4 is 16.0 Å². The molecule has 1 aliphatic heterocycles. The molecule has 0 unspecified atom stereocenters. The Hall–Kier alpha value is -2.15. The van der Waals surface area contributed by atoms with E-state index in [0.29, 0.717) is 23.6 Å². The second-order valence-corrected chi connectivity index (χ2v) is 5.76. The van der Waals surface area contributed by atoms with Gasteiger partial charge in [-0.2, -0.15) is 9.67 Å². The summed E-state index contributed by atoms with van der Waals surface area (Å²) in [5, 5.41) is 8.08. The Labute approximate surface area is 135 Å². The normalized spacial score (nSPS) is 14.8. The quantitative estimate of drug-likeness (QED) is 0.841. The fourth-order valence-electron chi connectivity index (χ4n) is 2.54. The summed E-state index contributed by atoms with van der Waals surface area (Å²) >= 11 is 5.37. The van der Waals surface area contributed by atoms with E-state index in [-0.39, 0.29) is 0 Å². The van der Waals surface area contributed by atoms with Crippen molar-refractivity contribution in [2.75, 3.05) is 23.7 Å². The van der Waals surface area contributed by atoms with E-state index in [1.54, 1.807) is 0 Å². The number of nitrogens with one attached hydrogen (secondary N) is 1. The first-order valence-electron chi connectivity index (χ1n) is 7.53. The van der Waals surface area contributed by atoms with Crippen LogP contribution in [0.25, 0.3) is 0 Å². The van der Waals surface area contributed by atoms with Gasteiger partial charge in [-0.15, -0.1) is 5.10 Å². The fraction of sp³-hybridized carbons (Fsp3) is 0.400. The van der Waals surface area contributed by atoms with Crippen LogP contribution in [0.5, 0.6) is 0 Å². The average molecular weight is 316 g/mol. The summed E-state index contributed by atoms with van der Waals surface area (Å²) in [5.74, 6) is 0.993. The van der Waals surface area contributed by atoms with Gasteiger partial charge in [0, 0.05) is 19.6 Å². The van der Waals surface area contributed by atoms with Crippen LogP contribution >= 0.6 is 12.2 Å². The van der Waals surface area contributed by atoms with Crippen molar-refractivity contribution in [2.45, 2.75) is 25.8 Å². The predicted molar refractivity (Wildman–Crippen MR) is 91.8 cm³/mol. The van der Waals surface area contributed by atoms with Crippen LogP contribution in [0.2, 0.25) is 0 Å². The number of rotatable bonds is 3. The van der Waals surface area contributed by atoms with Crippen LogP contribution in [0.4, 0.5) is 11.9 Å². The lowest BCUT2D eigenvalue weighted by atomic mass is 10.1. The van der Waals surface area contributed by atoms with Gasteiger partial charge in [0.2, 0.25) is 11.9 Å². The lowest BCUT2D eigenvalue weighted by Gasteiger charge is -2.24. The third-order valence-electron chi connectivity index (χ3n) is 3.74. The number of nitrogens with two attached hydrogens (primary N) is 1. The summed E-state index contributed by atoms with van der Waals surface area (Å²) in [4.78, 5) is 6.50. The molecule has 1 aromatic carbocycles. The largest absolute Gasteiger partial charge is 0.368 e. The van der Waals surface area contributed by atoms with E-state index in [9.17, 15) is 0 Å². The average Bonchev–Trinajstić information content (AvgIpc) is 2.96. The Kier molecular flexibility index (Phi) is 4.53. The van der Waals surface area contributed by atoms with Crippen molar-refractivity contribution in [3.05, 3.63) is 35.9 Å². The van der Waals surface area contributed by atoms with Crippen LogP contribution in [0.15, 0.2) is 30.3 Å². The monoisotopic (exact) mass is 316 g/mol. The van der Waals surface area contributed by atoms with Gasteiger partial charge >= 0.3 is 0 Å². The molecule has 0 spiro atoms. The molecule has 0 amide bonds. The van der Waals surface area contributed by atoms with Crippen molar-refractivity contribution in [1.29, 1.82) is 0 Å². The van der Waals surface area contributed by atoms with E-state index in [1.165, 1.54) is 23.9 Å². The van der Waals surface area contributed by atoms with E-state index >= 15 is 0 Å². The highest BCUT2D eigenvalue weighted by molar-refractivity contribution is 7.80. The molecule has 22 heavy (non-hydrogen) atoms. The molecule has 1 aliphatic rings. The summed E-state index contributed by atoms with van der Waals surface area (Å²) in [6.07, 6.45) is 3.61. The van der Waals surface area contributed by atoms with Gasteiger partial charge in [0.25, 0.3) is 0 Å². The Balaban J connectivity index is 1.66. The maximum absolute atomic E-state index is 5.95.